The highest BCUT2D eigenvalue weighted by molar-refractivity contribution is 7.86. The fourth-order valence-corrected chi connectivity index (χ4v) is 5.84. The number of hydrogen-bond acceptors (Lipinski definition) is 3. The molecule has 2 saturated heterocycles. The molecule has 2 aliphatic rings. The molecule has 0 aromatic heterocycles. The molecule has 0 aromatic carbocycles. The lowest BCUT2D eigenvalue weighted by Gasteiger charge is -2.42. The van der Waals surface area contributed by atoms with Crippen molar-refractivity contribution in [1.82, 2.24) is 8.61 Å². The van der Waals surface area contributed by atoms with E-state index in [0.717, 1.165) is 19.3 Å². The third kappa shape index (κ3) is 3.40. The summed E-state index contributed by atoms with van der Waals surface area (Å²) in [5, 5.41) is 9.42. The molecule has 4 atom stereocenters. The summed E-state index contributed by atoms with van der Waals surface area (Å²) in [6.07, 6.45) is 2.50. The lowest BCUT2D eigenvalue weighted by Crippen LogP contribution is -2.58. The maximum atomic E-state index is 12.9. The molecule has 0 aliphatic carbocycles. The molecule has 0 amide bonds. The summed E-state index contributed by atoms with van der Waals surface area (Å²) in [7, 11) is -3.69. The van der Waals surface area contributed by atoms with E-state index in [9.17, 15) is 18.3 Å². The molecule has 1 N–H and O–H groups in total. The zero-order chi connectivity index (χ0) is 15.8. The molecule has 2 fully saturated rings. The standard InChI is InChI=1S/C14H26N2O4S/c1-10-7-11(2)9-15(8-10)21(19,20)16-6-4-5-12(3)13(16)14(17)18/h10-13H,4-9H2,1-3H3,(H,17,18). The maximum absolute atomic E-state index is 12.9. The SMILES string of the molecule is CC1CC(C)CN(S(=O)(=O)N2CCCC(C)C2C(=O)O)C1. The number of hydrogen-bond donors (Lipinski definition) is 1. The highest BCUT2D eigenvalue weighted by atomic mass is 32.2. The second-order valence-electron chi connectivity index (χ2n) is 6.78. The number of aliphatic carboxylic acids is 1. The van der Waals surface area contributed by atoms with E-state index in [1.54, 1.807) is 0 Å². The van der Waals surface area contributed by atoms with Crippen LogP contribution in [0.4, 0.5) is 0 Å². The van der Waals surface area contributed by atoms with E-state index in [1.807, 2.05) is 20.8 Å². The first-order valence-corrected chi connectivity index (χ1v) is 9.13. The number of carbonyl (C=O) groups is 1. The number of rotatable bonds is 3. The van der Waals surface area contributed by atoms with Crippen molar-refractivity contribution in [1.29, 1.82) is 0 Å². The predicted octanol–water partition coefficient (Wildman–Crippen LogP) is 1.39. The van der Waals surface area contributed by atoms with Gasteiger partial charge in [-0.1, -0.05) is 20.8 Å². The second-order valence-corrected chi connectivity index (χ2v) is 8.67. The minimum absolute atomic E-state index is 0.148. The van der Waals surface area contributed by atoms with Crippen molar-refractivity contribution in [2.75, 3.05) is 19.6 Å². The van der Waals surface area contributed by atoms with Crippen molar-refractivity contribution in [2.45, 2.75) is 46.1 Å². The molecular formula is C14H26N2O4S. The minimum Gasteiger partial charge on any atom is -0.480 e. The van der Waals surface area contributed by atoms with Gasteiger partial charge in [0.2, 0.25) is 0 Å². The molecule has 2 heterocycles. The van der Waals surface area contributed by atoms with Gasteiger partial charge in [0.15, 0.2) is 0 Å². The Balaban J connectivity index is 2.26. The Morgan fingerprint density at radius 3 is 2.24 bits per heavy atom. The monoisotopic (exact) mass is 318 g/mol. The number of piperidine rings is 2. The number of carboxylic acid groups (broad SMARTS) is 1. The number of nitrogens with zero attached hydrogens (tertiary/aromatic N) is 2. The van der Waals surface area contributed by atoms with Gasteiger partial charge in [0.1, 0.15) is 6.04 Å². The van der Waals surface area contributed by atoms with E-state index >= 15 is 0 Å². The second kappa shape index (κ2) is 6.22. The van der Waals surface area contributed by atoms with E-state index in [-0.39, 0.29) is 5.92 Å². The van der Waals surface area contributed by atoms with Crippen LogP contribution >= 0.6 is 0 Å². The van der Waals surface area contributed by atoms with Crippen LogP contribution in [0, 0.1) is 17.8 Å². The molecule has 2 rings (SSSR count). The molecule has 0 radical (unpaired) electrons. The van der Waals surface area contributed by atoms with Crippen LogP contribution in [0.2, 0.25) is 0 Å². The van der Waals surface area contributed by atoms with E-state index in [2.05, 4.69) is 0 Å². The first-order valence-electron chi connectivity index (χ1n) is 7.73. The fourth-order valence-electron chi connectivity index (χ4n) is 3.72. The van der Waals surface area contributed by atoms with Crippen LogP contribution in [0.1, 0.15) is 40.0 Å². The Kier molecular flexibility index (Phi) is 4.95. The van der Waals surface area contributed by atoms with Crippen LogP contribution in [-0.4, -0.2) is 53.8 Å². The van der Waals surface area contributed by atoms with Gasteiger partial charge in [-0.15, -0.1) is 0 Å². The first kappa shape index (κ1) is 16.7. The Hall–Kier alpha value is -0.660. The summed E-state index contributed by atoms with van der Waals surface area (Å²) in [5.41, 5.74) is 0. The average Bonchev–Trinajstić information content (AvgIpc) is 2.36. The zero-order valence-electron chi connectivity index (χ0n) is 13.0. The van der Waals surface area contributed by atoms with Crippen LogP contribution in [0.5, 0.6) is 0 Å². The molecule has 21 heavy (non-hydrogen) atoms. The molecular weight excluding hydrogens is 292 g/mol. The van der Waals surface area contributed by atoms with Crippen molar-refractivity contribution in [3.8, 4) is 0 Å². The van der Waals surface area contributed by atoms with E-state index in [4.69, 9.17) is 0 Å². The van der Waals surface area contributed by atoms with Crippen molar-refractivity contribution < 1.29 is 18.3 Å². The maximum Gasteiger partial charge on any atom is 0.322 e. The van der Waals surface area contributed by atoms with E-state index in [1.165, 1.54) is 8.61 Å². The largest absolute Gasteiger partial charge is 0.480 e. The summed E-state index contributed by atoms with van der Waals surface area (Å²) in [4.78, 5) is 11.5. The highest BCUT2D eigenvalue weighted by Crippen LogP contribution is 2.30. The van der Waals surface area contributed by atoms with Gasteiger partial charge in [-0.25, -0.2) is 0 Å². The van der Waals surface area contributed by atoms with Gasteiger partial charge in [-0.3, -0.25) is 4.79 Å². The lowest BCUT2D eigenvalue weighted by molar-refractivity contribution is -0.144. The Morgan fingerprint density at radius 1 is 1.14 bits per heavy atom. The summed E-state index contributed by atoms with van der Waals surface area (Å²) < 4.78 is 28.5. The van der Waals surface area contributed by atoms with Gasteiger partial charge < -0.3 is 5.11 Å². The molecule has 0 bridgehead atoms. The molecule has 4 unspecified atom stereocenters. The van der Waals surface area contributed by atoms with Gasteiger partial charge in [-0.2, -0.15) is 17.0 Å². The summed E-state index contributed by atoms with van der Waals surface area (Å²) >= 11 is 0. The highest BCUT2D eigenvalue weighted by Gasteiger charge is 2.44. The predicted molar refractivity (Wildman–Crippen MR) is 80.0 cm³/mol. The van der Waals surface area contributed by atoms with Crippen molar-refractivity contribution in [3.63, 3.8) is 0 Å². The van der Waals surface area contributed by atoms with Gasteiger partial charge in [0.05, 0.1) is 0 Å². The van der Waals surface area contributed by atoms with Crippen LogP contribution < -0.4 is 0 Å². The smallest absolute Gasteiger partial charge is 0.322 e. The van der Waals surface area contributed by atoms with E-state index < -0.39 is 22.2 Å². The van der Waals surface area contributed by atoms with Gasteiger partial charge in [0, 0.05) is 19.6 Å². The normalized spacial score (nSPS) is 36.5. The third-order valence-corrected chi connectivity index (χ3v) is 6.55. The molecule has 0 saturated carbocycles. The van der Waals surface area contributed by atoms with Crippen molar-refractivity contribution in [2.24, 2.45) is 17.8 Å². The number of carboxylic acids is 1. The zero-order valence-corrected chi connectivity index (χ0v) is 13.8. The Labute approximate surface area is 127 Å². The fraction of sp³-hybridized carbons (Fsp3) is 0.929. The van der Waals surface area contributed by atoms with Crippen LogP contribution in [0.25, 0.3) is 0 Å². The lowest BCUT2D eigenvalue weighted by atomic mass is 9.93. The van der Waals surface area contributed by atoms with E-state index in [0.29, 0.717) is 31.5 Å². The Bertz CT molecular complexity index is 483. The molecule has 0 aromatic rings. The molecule has 122 valence electrons. The Morgan fingerprint density at radius 2 is 1.71 bits per heavy atom. The molecule has 7 heteroatoms. The average molecular weight is 318 g/mol. The topological polar surface area (TPSA) is 77.9 Å². The third-order valence-electron chi connectivity index (χ3n) is 4.60. The summed E-state index contributed by atoms with van der Waals surface area (Å²) in [5.74, 6) is -0.558. The van der Waals surface area contributed by atoms with Crippen LogP contribution in [-0.2, 0) is 15.0 Å². The van der Waals surface area contributed by atoms with Crippen LogP contribution in [0.15, 0.2) is 0 Å². The van der Waals surface area contributed by atoms with Gasteiger partial charge >= 0.3 is 5.97 Å². The van der Waals surface area contributed by atoms with Gasteiger partial charge in [0.25, 0.3) is 10.2 Å². The van der Waals surface area contributed by atoms with Crippen molar-refractivity contribution >= 4 is 16.2 Å². The molecule has 2 aliphatic heterocycles. The van der Waals surface area contributed by atoms with Crippen LogP contribution in [0.3, 0.4) is 0 Å². The van der Waals surface area contributed by atoms with Gasteiger partial charge in [-0.05, 0) is 37.0 Å². The first-order chi connectivity index (χ1) is 9.73. The minimum atomic E-state index is -3.69. The van der Waals surface area contributed by atoms with Crippen molar-refractivity contribution in [3.05, 3.63) is 0 Å². The molecule has 6 nitrogen and oxygen atoms in total. The summed E-state index contributed by atoms with van der Waals surface area (Å²) in [6.45, 7) is 7.20. The summed E-state index contributed by atoms with van der Waals surface area (Å²) in [6, 6.07) is -0.934. The quantitative estimate of drug-likeness (QED) is 0.853. The molecule has 0 spiro atoms.